The summed E-state index contributed by atoms with van der Waals surface area (Å²) in [6.45, 7) is 5.89. The van der Waals surface area contributed by atoms with Gasteiger partial charge < -0.3 is 10.1 Å². The lowest BCUT2D eigenvalue weighted by molar-refractivity contribution is -0.136. The Hall–Kier alpha value is -0.830. The fourth-order valence-electron chi connectivity index (χ4n) is 2.59. The number of hydrogen-bond acceptors (Lipinski definition) is 3. The van der Waals surface area contributed by atoms with Gasteiger partial charge in [-0.3, -0.25) is 0 Å². The predicted molar refractivity (Wildman–Crippen MR) is 69.8 cm³/mol. The second-order valence-electron chi connectivity index (χ2n) is 5.07. The van der Waals surface area contributed by atoms with Gasteiger partial charge in [0.2, 0.25) is 0 Å². The van der Waals surface area contributed by atoms with Crippen molar-refractivity contribution in [1.29, 1.82) is 0 Å². The average Bonchev–Trinajstić information content (AvgIpc) is 2.82. The van der Waals surface area contributed by atoms with E-state index in [4.69, 9.17) is 0 Å². The summed E-state index contributed by atoms with van der Waals surface area (Å²) in [5, 5.41) is 3.44. The zero-order valence-corrected chi connectivity index (χ0v) is 11.3. The number of rotatable bonds is 6. The molecule has 1 aliphatic rings. The minimum Gasteiger partial charge on any atom is -0.466 e. The van der Waals surface area contributed by atoms with E-state index in [1.165, 1.54) is 39.2 Å². The van der Waals surface area contributed by atoms with Crippen molar-refractivity contribution in [2.24, 2.45) is 5.41 Å². The number of carbonyl (C=O) groups is 1. The number of nitrogens with one attached hydrogen (secondary N) is 1. The minimum atomic E-state index is -0.238. The molecule has 0 radical (unpaired) electrons. The summed E-state index contributed by atoms with van der Waals surface area (Å²) in [5.41, 5.74) is 1.18. The molecule has 0 heterocycles. The molecule has 0 aliphatic heterocycles. The summed E-state index contributed by atoms with van der Waals surface area (Å²) in [6.07, 6.45) is 8.58. The Balaban J connectivity index is 2.30. The normalized spacial score (nSPS) is 19.4. The first kappa shape index (κ1) is 14.2. The van der Waals surface area contributed by atoms with Crippen LogP contribution in [0.2, 0.25) is 0 Å². The highest BCUT2D eigenvalue weighted by atomic mass is 16.5. The molecule has 1 aliphatic carbocycles. The van der Waals surface area contributed by atoms with Crippen LogP contribution in [0.15, 0.2) is 11.6 Å². The van der Waals surface area contributed by atoms with E-state index in [9.17, 15) is 4.79 Å². The van der Waals surface area contributed by atoms with Crippen LogP contribution in [0.3, 0.4) is 0 Å². The van der Waals surface area contributed by atoms with E-state index in [0.717, 1.165) is 13.1 Å². The fourth-order valence-corrected chi connectivity index (χ4v) is 2.59. The largest absolute Gasteiger partial charge is 0.466 e. The highest BCUT2D eigenvalue weighted by Crippen LogP contribution is 2.40. The van der Waals surface area contributed by atoms with Gasteiger partial charge in [-0.15, -0.1) is 0 Å². The first-order valence-corrected chi connectivity index (χ1v) is 6.59. The third kappa shape index (κ3) is 4.15. The molecule has 0 aromatic rings. The van der Waals surface area contributed by atoms with E-state index in [2.05, 4.69) is 17.0 Å². The minimum absolute atomic E-state index is 0.238. The Morgan fingerprint density at radius 1 is 1.41 bits per heavy atom. The van der Waals surface area contributed by atoms with E-state index in [0.29, 0.717) is 11.0 Å². The maximum absolute atomic E-state index is 11.2. The molecule has 0 aromatic heterocycles. The second-order valence-corrected chi connectivity index (χ2v) is 5.07. The van der Waals surface area contributed by atoms with Gasteiger partial charge in [-0.25, -0.2) is 4.79 Å². The van der Waals surface area contributed by atoms with Crippen molar-refractivity contribution in [1.82, 2.24) is 5.32 Å². The molecule has 1 rings (SSSR count). The molecule has 1 fully saturated rings. The van der Waals surface area contributed by atoms with Crippen LogP contribution >= 0.6 is 0 Å². The van der Waals surface area contributed by atoms with E-state index in [1.54, 1.807) is 6.92 Å². The van der Waals surface area contributed by atoms with Crippen molar-refractivity contribution in [3.63, 3.8) is 0 Å². The molecule has 17 heavy (non-hydrogen) atoms. The van der Waals surface area contributed by atoms with Crippen molar-refractivity contribution in [3.8, 4) is 0 Å². The van der Waals surface area contributed by atoms with Gasteiger partial charge in [-0.1, -0.05) is 25.8 Å². The Bertz CT molecular complexity index is 278. The topological polar surface area (TPSA) is 38.3 Å². The molecule has 1 saturated carbocycles. The van der Waals surface area contributed by atoms with Gasteiger partial charge >= 0.3 is 5.97 Å². The Kier molecular flexibility index (Phi) is 5.69. The van der Waals surface area contributed by atoms with Crippen LogP contribution in [0.1, 0.15) is 46.0 Å². The SMILES string of the molecule is CCC1(CNC/C=C(/C)C(=O)OC)CCCC1. The molecule has 0 spiro atoms. The van der Waals surface area contributed by atoms with Gasteiger partial charge in [0.1, 0.15) is 0 Å². The number of hydrogen-bond donors (Lipinski definition) is 1. The first-order valence-electron chi connectivity index (χ1n) is 6.59. The van der Waals surface area contributed by atoms with E-state index < -0.39 is 0 Å². The molecular formula is C14H25NO2. The molecule has 0 atom stereocenters. The highest BCUT2D eigenvalue weighted by molar-refractivity contribution is 5.87. The van der Waals surface area contributed by atoms with Gasteiger partial charge in [0, 0.05) is 18.7 Å². The molecule has 0 aromatic carbocycles. The molecule has 0 saturated heterocycles. The fraction of sp³-hybridized carbons (Fsp3) is 0.786. The molecule has 1 N–H and O–H groups in total. The number of esters is 1. The van der Waals surface area contributed by atoms with Crippen LogP contribution in [0.25, 0.3) is 0 Å². The Morgan fingerprint density at radius 3 is 2.59 bits per heavy atom. The third-order valence-electron chi connectivity index (χ3n) is 3.97. The summed E-state index contributed by atoms with van der Waals surface area (Å²) in [4.78, 5) is 11.2. The molecule has 3 heteroatoms. The number of ether oxygens (including phenoxy) is 1. The number of carbonyl (C=O) groups excluding carboxylic acids is 1. The van der Waals surface area contributed by atoms with Crippen LogP contribution in [0, 0.1) is 5.41 Å². The summed E-state index contributed by atoms with van der Waals surface area (Å²) in [7, 11) is 1.41. The van der Waals surface area contributed by atoms with Crippen molar-refractivity contribution >= 4 is 5.97 Å². The molecule has 0 unspecified atom stereocenters. The molecular weight excluding hydrogens is 214 g/mol. The molecule has 98 valence electrons. The lowest BCUT2D eigenvalue weighted by Crippen LogP contribution is -2.31. The van der Waals surface area contributed by atoms with Crippen molar-refractivity contribution in [2.75, 3.05) is 20.2 Å². The lowest BCUT2D eigenvalue weighted by atomic mass is 9.83. The van der Waals surface area contributed by atoms with Crippen molar-refractivity contribution < 1.29 is 9.53 Å². The van der Waals surface area contributed by atoms with E-state index in [1.807, 2.05) is 6.08 Å². The van der Waals surface area contributed by atoms with Gasteiger partial charge in [0.25, 0.3) is 0 Å². The van der Waals surface area contributed by atoms with Gasteiger partial charge in [-0.2, -0.15) is 0 Å². The van der Waals surface area contributed by atoms with Crippen LogP contribution in [0.5, 0.6) is 0 Å². The average molecular weight is 239 g/mol. The highest BCUT2D eigenvalue weighted by Gasteiger charge is 2.31. The zero-order chi connectivity index (χ0) is 12.7. The maximum atomic E-state index is 11.2. The quantitative estimate of drug-likeness (QED) is 0.440. The van der Waals surface area contributed by atoms with Crippen LogP contribution in [0.4, 0.5) is 0 Å². The Labute approximate surface area is 105 Å². The third-order valence-corrected chi connectivity index (χ3v) is 3.97. The van der Waals surface area contributed by atoms with E-state index in [-0.39, 0.29) is 5.97 Å². The van der Waals surface area contributed by atoms with Crippen LogP contribution < -0.4 is 5.32 Å². The summed E-state index contributed by atoms with van der Waals surface area (Å²) < 4.78 is 4.65. The van der Waals surface area contributed by atoms with E-state index >= 15 is 0 Å². The monoisotopic (exact) mass is 239 g/mol. The lowest BCUT2D eigenvalue weighted by Gasteiger charge is -2.27. The van der Waals surface area contributed by atoms with Crippen molar-refractivity contribution in [2.45, 2.75) is 46.0 Å². The summed E-state index contributed by atoms with van der Waals surface area (Å²) in [6, 6.07) is 0. The molecule has 0 bridgehead atoms. The second kappa shape index (κ2) is 6.80. The maximum Gasteiger partial charge on any atom is 0.333 e. The summed E-state index contributed by atoms with van der Waals surface area (Å²) in [5.74, 6) is -0.238. The smallest absolute Gasteiger partial charge is 0.333 e. The van der Waals surface area contributed by atoms with Gasteiger partial charge in [0.05, 0.1) is 7.11 Å². The first-order chi connectivity index (χ1) is 8.13. The van der Waals surface area contributed by atoms with Crippen LogP contribution in [-0.4, -0.2) is 26.2 Å². The zero-order valence-electron chi connectivity index (χ0n) is 11.3. The van der Waals surface area contributed by atoms with Gasteiger partial charge in [-0.05, 0) is 31.6 Å². The van der Waals surface area contributed by atoms with Crippen LogP contribution in [-0.2, 0) is 9.53 Å². The number of methoxy groups -OCH3 is 1. The summed E-state index contributed by atoms with van der Waals surface area (Å²) >= 11 is 0. The predicted octanol–water partition coefficient (Wildman–Crippen LogP) is 2.67. The molecule has 3 nitrogen and oxygen atoms in total. The molecule has 0 amide bonds. The van der Waals surface area contributed by atoms with Crippen molar-refractivity contribution in [3.05, 3.63) is 11.6 Å². The standard InChI is InChI=1S/C14H25NO2/c1-4-14(8-5-6-9-14)11-15-10-7-12(2)13(16)17-3/h7,15H,4-6,8-11H2,1-3H3/b12-7-. The Morgan fingerprint density at radius 2 is 2.06 bits per heavy atom. The van der Waals surface area contributed by atoms with Gasteiger partial charge in [0.15, 0.2) is 0 Å².